The number of aromatic nitrogens is 1. The minimum Gasteiger partial charge on any atom is -0.366 e. The summed E-state index contributed by atoms with van der Waals surface area (Å²) in [4.78, 5) is 25.0. The zero-order valence-electron chi connectivity index (χ0n) is 12.6. The Balaban J connectivity index is 1.83. The molecule has 1 fully saturated rings. The van der Waals surface area contributed by atoms with E-state index in [1.165, 1.54) is 24.3 Å². The zero-order chi connectivity index (χ0) is 16.0. The van der Waals surface area contributed by atoms with Crippen molar-refractivity contribution in [3.63, 3.8) is 0 Å². The van der Waals surface area contributed by atoms with E-state index in [-0.39, 0.29) is 23.2 Å². The third-order valence-electron chi connectivity index (χ3n) is 4.87. The lowest BCUT2D eigenvalue weighted by Crippen LogP contribution is -2.29. The summed E-state index contributed by atoms with van der Waals surface area (Å²) in [5, 5.41) is 3.34. The number of rotatable bonds is 2. The van der Waals surface area contributed by atoms with Crippen LogP contribution in [0, 0.1) is 5.82 Å². The van der Waals surface area contributed by atoms with Crippen molar-refractivity contribution in [1.29, 1.82) is 0 Å². The van der Waals surface area contributed by atoms with Gasteiger partial charge >= 0.3 is 0 Å². The molecule has 0 bridgehead atoms. The predicted octanol–water partition coefficient (Wildman–Crippen LogP) is 3.13. The van der Waals surface area contributed by atoms with Gasteiger partial charge < -0.3 is 5.32 Å². The number of nitrogens with zero attached hydrogens (tertiary/aromatic N) is 1. The predicted molar refractivity (Wildman–Crippen MR) is 85.5 cm³/mol. The Morgan fingerprint density at radius 1 is 1.09 bits per heavy atom. The lowest BCUT2D eigenvalue weighted by molar-refractivity contribution is 0.103. The normalized spacial score (nSPS) is 22.1. The number of halogens is 1. The van der Waals surface area contributed by atoms with Crippen LogP contribution in [0.1, 0.15) is 47.6 Å². The Bertz CT molecular complexity index is 843. The summed E-state index contributed by atoms with van der Waals surface area (Å²) in [6, 6.07) is 9.14. The first-order valence-corrected chi connectivity index (χ1v) is 7.98. The van der Waals surface area contributed by atoms with Crippen LogP contribution in [-0.4, -0.2) is 16.4 Å². The van der Waals surface area contributed by atoms with Gasteiger partial charge in [-0.1, -0.05) is 25.0 Å². The molecule has 1 aliphatic carbocycles. The molecule has 2 atom stereocenters. The molecule has 118 valence electrons. The van der Waals surface area contributed by atoms with Crippen LogP contribution in [0.2, 0.25) is 0 Å². The first kappa shape index (κ1) is 14.2. The Kier molecular flexibility index (Phi) is 3.29. The smallest absolute Gasteiger partial charge is 0.252 e. The number of hydrogen-bond donors (Lipinski definition) is 1. The molecule has 1 saturated carbocycles. The molecule has 1 aromatic carbocycles. The highest BCUT2D eigenvalue weighted by Crippen LogP contribution is 2.38. The summed E-state index contributed by atoms with van der Waals surface area (Å²) in [6.07, 6.45) is 4.12. The molecule has 0 spiro atoms. The van der Waals surface area contributed by atoms with E-state index in [1.807, 2.05) is 0 Å². The molecule has 1 aromatic heterocycles. The molecule has 5 heteroatoms. The summed E-state index contributed by atoms with van der Waals surface area (Å²) in [5.41, 5.74) is 0.293. The van der Waals surface area contributed by atoms with E-state index in [4.69, 9.17) is 0 Å². The topological polar surface area (TPSA) is 51.1 Å². The Labute approximate surface area is 132 Å². The van der Waals surface area contributed by atoms with E-state index in [1.54, 1.807) is 16.7 Å². The number of fused-ring (bicyclic) bond motifs is 3. The van der Waals surface area contributed by atoms with Gasteiger partial charge in [-0.3, -0.25) is 14.2 Å². The van der Waals surface area contributed by atoms with Crippen molar-refractivity contribution in [3.05, 3.63) is 63.7 Å². The van der Waals surface area contributed by atoms with E-state index in [0.717, 1.165) is 25.7 Å². The third kappa shape index (κ3) is 2.19. The van der Waals surface area contributed by atoms with Gasteiger partial charge in [-0.2, -0.15) is 0 Å². The standard InChI is InChI=1S/C18H17FN2O2/c19-13-6-2-1-5-11(13)17(23)12-9-10-16(22)21-15-8-4-3-7-14(15)20-18(12)21/h1-2,5-6,9-10,14-15,20H,3-4,7-8H2/t14-,15-/m1/s1. The van der Waals surface area contributed by atoms with Crippen molar-refractivity contribution >= 4 is 11.6 Å². The second kappa shape index (κ2) is 5.33. The minimum absolute atomic E-state index is 0.0330. The monoisotopic (exact) mass is 312 g/mol. The van der Waals surface area contributed by atoms with Gasteiger partial charge in [0.25, 0.3) is 5.56 Å². The summed E-state index contributed by atoms with van der Waals surface area (Å²) in [6.45, 7) is 0. The number of carbonyl (C=O) groups excluding carboxylic acids is 1. The van der Waals surface area contributed by atoms with Crippen LogP contribution >= 0.6 is 0 Å². The highest BCUT2D eigenvalue weighted by atomic mass is 19.1. The van der Waals surface area contributed by atoms with Crippen molar-refractivity contribution in [1.82, 2.24) is 4.57 Å². The van der Waals surface area contributed by atoms with Crippen LogP contribution in [0.25, 0.3) is 0 Å². The average Bonchev–Trinajstić information content (AvgIpc) is 2.95. The molecular weight excluding hydrogens is 295 g/mol. The van der Waals surface area contributed by atoms with Gasteiger partial charge in [0.15, 0.2) is 5.78 Å². The van der Waals surface area contributed by atoms with Crippen molar-refractivity contribution in [2.24, 2.45) is 0 Å². The number of benzene rings is 1. The molecule has 4 nitrogen and oxygen atoms in total. The number of nitrogens with one attached hydrogen (secondary N) is 1. The van der Waals surface area contributed by atoms with E-state index >= 15 is 0 Å². The van der Waals surface area contributed by atoms with Gasteiger partial charge in [0, 0.05) is 12.1 Å². The molecule has 1 aliphatic heterocycles. The van der Waals surface area contributed by atoms with Gasteiger partial charge in [-0.15, -0.1) is 0 Å². The molecule has 2 aliphatic rings. The summed E-state index contributed by atoms with van der Waals surface area (Å²) in [7, 11) is 0. The van der Waals surface area contributed by atoms with Gasteiger partial charge in [0.2, 0.25) is 0 Å². The molecule has 1 N–H and O–H groups in total. The third-order valence-corrected chi connectivity index (χ3v) is 4.87. The number of anilines is 1. The van der Waals surface area contributed by atoms with Crippen LogP contribution < -0.4 is 10.9 Å². The number of ketones is 1. The lowest BCUT2D eigenvalue weighted by Gasteiger charge is -2.25. The van der Waals surface area contributed by atoms with Gasteiger partial charge in [0.05, 0.1) is 17.2 Å². The average molecular weight is 312 g/mol. The maximum absolute atomic E-state index is 13.9. The molecular formula is C18H17FN2O2. The van der Waals surface area contributed by atoms with Crippen LogP contribution in [0.4, 0.5) is 10.2 Å². The highest BCUT2D eigenvalue weighted by Gasteiger charge is 2.36. The first-order valence-electron chi connectivity index (χ1n) is 7.98. The van der Waals surface area contributed by atoms with Gasteiger partial charge in [-0.05, 0) is 31.0 Å². The fraction of sp³-hybridized carbons (Fsp3) is 0.333. The van der Waals surface area contributed by atoms with Crippen molar-refractivity contribution in [3.8, 4) is 0 Å². The molecule has 23 heavy (non-hydrogen) atoms. The first-order chi connectivity index (χ1) is 11.2. The second-order valence-corrected chi connectivity index (χ2v) is 6.22. The molecule has 0 amide bonds. The van der Waals surface area contributed by atoms with Gasteiger partial charge in [0.1, 0.15) is 11.6 Å². The van der Waals surface area contributed by atoms with Gasteiger partial charge in [-0.25, -0.2) is 4.39 Å². The number of hydrogen-bond acceptors (Lipinski definition) is 3. The number of pyridine rings is 1. The zero-order valence-corrected chi connectivity index (χ0v) is 12.6. The maximum atomic E-state index is 13.9. The van der Waals surface area contributed by atoms with Crippen LogP contribution in [0.5, 0.6) is 0 Å². The summed E-state index contributed by atoms with van der Waals surface area (Å²) >= 11 is 0. The van der Waals surface area contributed by atoms with E-state index < -0.39 is 11.6 Å². The molecule has 0 unspecified atom stereocenters. The quantitative estimate of drug-likeness (QED) is 0.867. The van der Waals surface area contributed by atoms with E-state index in [0.29, 0.717) is 11.4 Å². The molecule has 0 radical (unpaired) electrons. The highest BCUT2D eigenvalue weighted by molar-refractivity contribution is 6.12. The summed E-state index contributed by atoms with van der Waals surface area (Å²) in [5.74, 6) is -0.390. The minimum atomic E-state index is -0.544. The van der Waals surface area contributed by atoms with Crippen molar-refractivity contribution in [2.45, 2.75) is 37.8 Å². The van der Waals surface area contributed by atoms with Crippen LogP contribution in [0.3, 0.4) is 0 Å². The summed E-state index contributed by atoms with van der Waals surface area (Å²) < 4.78 is 15.6. The molecule has 2 aromatic rings. The maximum Gasteiger partial charge on any atom is 0.252 e. The molecule has 2 heterocycles. The number of carbonyl (C=O) groups is 1. The van der Waals surface area contributed by atoms with Crippen LogP contribution in [-0.2, 0) is 0 Å². The molecule has 4 rings (SSSR count). The Hall–Kier alpha value is -2.43. The van der Waals surface area contributed by atoms with Crippen molar-refractivity contribution in [2.75, 3.05) is 5.32 Å². The fourth-order valence-electron chi connectivity index (χ4n) is 3.77. The lowest BCUT2D eigenvalue weighted by atomic mass is 9.91. The largest absolute Gasteiger partial charge is 0.366 e. The van der Waals surface area contributed by atoms with E-state index in [9.17, 15) is 14.0 Å². The Morgan fingerprint density at radius 2 is 1.87 bits per heavy atom. The van der Waals surface area contributed by atoms with Crippen LogP contribution in [0.15, 0.2) is 41.2 Å². The Morgan fingerprint density at radius 3 is 2.70 bits per heavy atom. The SMILES string of the molecule is O=C(c1ccccc1F)c1ccc(=O)n2c1N[C@@H]1CCCC[C@H]12. The second-order valence-electron chi connectivity index (χ2n) is 6.22. The molecule has 0 saturated heterocycles. The van der Waals surface area contributed by atoms with E-state index in [2.05, 4.69) is 5.32 Å². The van der Waals surface area contributed by atoms with Crippen molar-refractivity contribution < 1.29 is 9.18 Å². The fourth-order valence-corrected chi connectivity index (χ4v) is 3.77.